The van der Waals surface area contributed by atoms with E-state index >= 15 is 0 Å². The number of carbonyl (C=O) groups excluding carboxylic acids is 1. The van der Waals surface area contributed by atoms with E-state index in [1.54, 1.807) is 24.3 Å². The van der Waals surface area contributed by atoms with Crippen molar-refractivity contribution in [1.29, 1.82) is 0 Å². The average molecular weight is 435 g/mol. The van der Waals surface area contributed by atoms with E-state index in [1.165, 1.54) is 16.6 Å². The Balaban J connectivity index is 1.30. The quantitative estimate of drug-likeness (QED) is 0.407. The molecule has 1 amide bonds. The van der Waals surface area contributed by atoms with Crippen LogP contribution in [0.2, 0.25) is 0 Å². The molecule has 0 saturated carbocycles. The number of hydrogen-bond donors (Lipinski definition) is 1. The van der Waals surface area contributed by atoms with E-state index in [4.69, 9.17) is 9.47 Å². The molecule has 0 aliphatic rings. The zero-order valence-corrected chi connectivity index (χ0v) is 17.5. The molecule has 4 rings (SSSR count). The second-order valence-electron chi connectivity index (χ2n) is 6.92. The molecule has 1 N–H and O–H groups in total. The maximum Gasteiger partial charge on any atom is 0.231 e. The summed E-state index contributed by atoms with van der Waals surface area (Å²) in [4.78, 5) is 12.1. The van der Waals surface area contributed by atoms with E-state index < -0.39 is 0 Å². The van der Waals surface area contributed by atoms with Crippen molar-refractivity contribution in [3.05, 3.63) is 72.0 Å². The van der Waals surface area contributed by atoms with E-state index in [1.807, 2.05) is 31.2 Å². The average Bonchev–Trinajstić information content (AvgIpc) is 3.22. The lowest BCUT2D eigenvalue weighted by Crippen LogP contribution is -2.29. The van der Waals surface area contributed by atoms with Crippen molar-refractivity contribution < 1.29 is 18.7 Å². The number of ether oxygens (including phenoxy) is 2. The van der Waals surface area contributed by atoms with Crippen LogP contribution in [0.25, 0.3) is 17.0 Å². The largest absolute Gasteiger partial charge is 0.494 e. The van der Waals surface area contributed by atoms with Crippen LogP contribution in [0.1, 0.15) is 12.5 Å². The van der Waals surface area contributed by atoms with Gasteiger partial charge in [0.15, 0.2) is 11.5 Å². The van der Waals surface area contributed by atoms with Gasteiger partial charge in [-0.25, -0.2) is 4.39 Å². The van der Waals surface area contributed by atoms with Gasteiger partial charge in [-0.1, -0.05) is 12.1 Å². The molecule has 0 saturated heterocycles. The van der Waals surface area contributed by atoms with Crippen molar-refractivity contribution in [2.75, 3.05) is 19.8 Å². The highest BCUT2D eigenvalue weighted by atomic mass is 19.1. The monoisotopic (exact) mass is 435 g/mol. The molecule has 2 aromatic carbocycles. The number of nitrogens with one attached hydrogen (secondary N) is 1. The fourth-order valence-corrected chi connectivity index (χ4v) is 3.09. The van der Waals surface area contributed by atoms with Crippen molar-refractivity contribution in [3.63, 3.8) is 0 Å². The molecule has 0 unspecified atom stereocenters. The first-order valence-corrected chi connectivity index (χ1v) is 10.2. The minimum Gasteiger partial charge on any atom is -0.494 e. The molecule has 0 spiro atoms. The third kappa shape index (κ3) is 5.18. The molecule has 2 heterocycles. The predicted octanol–water partition coefficient (Wildman–Crippen LogP) is 3.07. The number of hydrogen-bond acceptors (Lipinski definition) is 6. The Kier molecular flexibility index (Phi) is 6.54. The zero-order valence-electron chi connectivity index (χ0n) is 17.5. The normalized spacial score (nSPS) is 10.8. The van der Waals surface area contributed by atoms with Crippen molar-refractivity contribution in [1.82, 2.24) is 25.1 Å². The third-order valence-corrected chi connectivity index (χ3v) is 4.61. The molecule has 0 radical (unpaired) electrons. The Labute approximate surface area is 184 Å². The van der Waals surface area contributed by atoms with E-state index in [0.717, 1.165) is 11.3 Å². The molecule has 0 fully saturated rings. The van der Waals surface area contributed by atoms with Crippen molar-refractivity contribution in [2.45, 2.75) is 13.3 Å². The molecule has 0 aliphatic heterocycles. The molecule has 8 nitrogen and oxygen atoms in total. The Morgan fingerprint density at radius 1 is 1.00 bits per heavy atom. The molecule has 0 atom stereocenters. The van der Waals surface area contributed by atoms with Crippen LogP contribution in [0.15, 0.2) is 60.7 Å². The van der Waals surface area contributed by atoms with Crippen LogP contribution < -0.4 is 14.8 Å². The first kappa shape index (κ1) is 21.2. The zero-order chi connectivity index (χ0) is 22.3. The summed E-state index contributed by atoms with van der Waals surface area (Å²) in [7, 11) is 0. The number of fused-ring (bicyclic) bond motifs is 1. The minimum atomic E-state index is -0.330. The summed E-state index contributed by atoms with van der Waals surface area (Å²) >= 11 is 0. The third-order valence-electron chi connectivity index (χ3n) is 4.61. The summed E-state index contributed by atoms with van der Waals surface area (Å²) in [5.41, 5.74) is 2.13. The van der Waals surface area contributed by atoms with Crippen LogP contribution in [0, 0.1) is 5.82 Å². The summed E-state index contributed by atoms with van der Waals surface area (Å²) in [5, 5.41) is 15.4. The number of carbonyl (C=O) groups is 1. The van der Waals surface area contributed by atoms with Gasteiger partial charge < -0.3 is 14.8 Å². The van der Waals surface area contributed by atoms with Gasteiger partial charge in [0.25, 0.3) is 0 Å². The summed E-state index contributed by atoms with van der Waals surface area (Å²) in [6, 6.07) is 16.8. The highest BCUT2D eigenvalue weighted by molar-refractivity contribution is 5.78. The lowest BCUT2D eigenvalue weighted by atomic mass is 10.1. The Bertz CT molecular complexity index is 1190. The predicted molar refractivity (Wildman–Crippen MR) is 116 cm³/mol. The standard InChI is InChI=1S/C23H22FN5O3/c1-2-31-19-9-3-16(4-10-19)15-21(30)25-13-14-32-22-12-11-20-26-27-23(29(20)28-22)17-5-7-18(24)8-6-17/h3-12H,2,13-15H2,1H3,(H,25,30). The number of rotatable bonds is 9. The van der Waals surface area contributed by atoms with Crippen molar-refractivity contribution >= 4 is 11.6 Å². The van der Waals surface area contributed by atoms with Crippen LogP contribution >= 0.6 is 0 Å². The maximum atomic E-state index is 13.2. The van der Waals surface area contributed by atoms with E-state index in [-0.39, 0.29) is 24.8 Å². The number of halogens is 1. The molecule has 0 aliphatic carbocycles. The van der Waals surface area contributed by atoms with Crippen molar-refractivity contribution in [3.8, 4) is 23.0 Å². The number of benzene rings is 2. The van der Waals surface area contributed by atoms with Crippen LogP contribution in [0.4, 0.5) is 4.39 Å². The van der Waals surface area contributed by atoms with E-state index in [2.05, 4.69) is 20.6 Å². The molecule has 0 bridgehead atoms. The van der Waals surface area contributed by atoms with Gasteiger partial charge in [-0.3, -0.25) is 4.79 Å². The van der Waals surface area contributed by atoms with Gasteiger partial charge in [0.1, 0.15) is 18.2 Å². The Hall–Kier alpha value is -4.01. The number of amides is 1. The second kappa shape index (κ2) is 9.86. The maximum absolute atomic E-state index is 13.2. The lowest BCUT2D eigenvalue weighted by Gasteiger charge is -2.08. The SMILES string of the molecule is CCOc1ccc(CC(=O)NCCOc2ccc3nnc(-c4ccc(F)cc4)n3n2)cc1. The van der Waals surface area contributed by atoms with Crippen LogP contribution in [-0.4, -0.2) is 45.5 Å². The fraction of sp³-hybridized carbons (Fsp3) is 0.217. The molecule has 32 heavy (non-hydrogen) atoms. The fourth-order valence-electron chi connectivity index (χ4n) is 3.09. The molecule has 9 heteroatoms. The van der Waals surface area contributed by atoms with E-state index in [0.29, 0.717) is 36.1 Å². The van der Waals surface area contributed by atoms with Crippen LogP contribution in [-0.2, 0) is 11.2 Å². The van der Waals surface area contributed by atoms with Gasteiger partial charge in [0.2, 0.25) is 11.8 Å². The van der Waals surface area contributed by atoms with Crippen LogP contribution in [0.3, 0.4) is 0 Å². The van der Waals surface area contributed by atoms with Gasteiger partial charge in [0, 0.05) is 11.6 Å². The van der Waals surface area contributed by atoms with Gasteiger partial charge in [-0.15, -0.1) is 15.3 Å². The van der Waals surface area contributed by atoms with Gasteiger partial charge >= 0.3 is 0 Å². The molecule has 2 aromatic heterocycles. The highest BCUT2D eigenvalue weighted by Gasteiger charge is 2.11. The van der Waals surface area contributed by atoms with Gasteiger partial charge in [-0.05, 0) is 55.0 Å². The molecular formula is C23H22FN5O3. The topological polar surface area (TPSA) is 90.6 Å². The first-order chi connectivity index (χ1) is 15.6. The highest BCUT2D eigenvalue weighted by Crippen LogP contribution is 2.19. The summed E-state index contributed by atoms with van der Waals surface area (Å²) in [5.74, 6) is 1.20. The molecule has 164 valence electrons. The summed E-state index contributed by atoms with van der Waals surface area (Å²) < 4.78 is 25.8. The van der Waals surface area contributed by atoms with Gasteiger partial charge in [-0.2, -0.15) is 4.52 Å². The van der Waals surface area contributed by atoms with Crippen LogP contribution in [0.5, 0.6) is 11.6 Å². The molecular weight excluding hydrogens is 413 g/mol. The number of aromatic nitrogens is 4. The lowest BCUT2D eigenvalue weighted by molar-refractivity contribution is -0.120. The van der Waals surface area contributed by atoms with E-state index in [9.17, 15) is 9.18 Å². The molecule has 4 aromatic rings. The summed E-state index contributed by atoms with van der Waals surface area (Å²) in [6.45, 7) is 3.12. The first-order valence-electron chi connectivity index (χ1n) is 10.2. The number of nitrogens with zero attached hydrogens (tertiary/aromatic N) is 4. The Morgan fingerprint density at radius 2 is 1.78 bits per heavy atom. The Morgan fingerprint density at radius 3 is 2.53 bits per heavy atom. The smallest absolute Gasteiger partial charge is 0.231 e. The minimum absolute atomic E-state index is 0.0985. The van der Waals surface area contributed by atoms with Crippen molar-refractivity contribution in [2.24, 2.45) is 0 Å². The van der Waals surface area contributed by atoms with Gasteiger partial charge in [0.05, 0.1) is 19.6 Å². The second-order valence-corrected chi connectivity index (χ2v) is 6.92. The summed E-state index contributed by atoms with van der Waals surface area (Å²) in [6.07, 6.45) is 0.276.